The number of ether oxygens (including phenoxy) is 1. The summed E-state index contributed by atoms with van der Waals surface area (Å²) < 4.78 is 70.7. The molecule has 16 heteroatoms. The van der Waals surface area contributed by atoms with Crippen LogP contribution >= 0.6 is 0 Å². The van der Waals surface area contributed by atoms with Gasteiger partial charge in [0.15, 0.2) is 5.82 Å². The average Bonchev–Trinajstić information content (AvgIpc) is 3.69. The number of carbonyl (C=O) groups excluding carboxylic acids is 3. The van der Waals surface area contributed by atoms with E-state index in [1.165, 1.54) is 0 Å². The highest BCUT2D eigenvalue weighted by molar-refractivity contribution is 6.03. The minimum absolute atomic E-state index is 0.182. The molecule has 218 valence electrons. The van der Waals surface area contributed by atoms with E-state index in [1.54, 1.807) is 20.8 Å². The van der Waals surface area contributed by atoms with Crippen molar-refractivity contribution in [2.75, 3.05) is 0 Å². The number of alkyl halides is 5. The molecule has 2 aliphatic rings. The number of allylic oxidation sites excluding steroid dienone is 1. The first kappa shape index (κ1) is 30.2. The second kappa shape index (κ2) is 11.8. The van der Waals surface area contributed by atoms with Crippen molar-refractivity contribution in [3.63, 3.8) is 0 Å². The third-order valence-corrected chi connectivity index (χ3v) is 6.23. The van der Waals surface area contributed by atoms with Gasteiger partial charge in [-0.1, -0.05) is 0 Å². The summed E-state index contributed by atoms with van der Waals surface area (Å²) >= 11 is 0. The number of rotatable bonds is 11. The molecule has 0 aromatic carbocycles. The number of aromatic nitrogens is 4. The topological polar surface area (TPSA) is 154 Å². The predicted molar refractivity (Wildman–Crippen MR) is 125 cm³/mol. The summed E-state index contributed by atoms with van der Waals surface area (Å²) in [7, 11) is 0. The van der Waals surface area contributed by atoms with Crippen molar-refractivity contribution in [1.82, 2.24) is 30.8 Å². The third-order valence-electron chi connectivity index (χ3n) is 6.23. The Morgan fingerprint density at radius 2 is 1.72 bits per heavy atom. The fourth-order valence-electron chi connectivity index (χ4n) is 4.46. The number of hydrogen-bond donors (Lipinski definition) is 3. The van der Waals surface area contributed by atoms with Crippen LogP contribution in [0.4, 0.5) is 26.7 Å². The summed E-state index contributed by atoms with van der Waals surface area (Å²) in [5, 5.41) is 14.4. The summed E-state index contributed by atoms with van der Waals surface area (Å²) in [6, 6.07) is -1.10. The molecule has 0 aliphatic heterocycles. The van der Waals surface area contributed by atoms with Gasteiger partial charge in [-0.05, 0) is 74.6 Å². The summed E-state index contributed by atoms with van der Waals surface area (Å²) in [5.41, 5.74) is 4.43. The number of carbonyl (C=O) groups is 3. The summed E-state index contributed by atoms with van der Waals surface area (Å²) in [5.74, 6) is -4.08. The lowest BCUT2D eigenvalue weighted by Gasteiger charge is -2.28. The van der Waals surface area contributed by atoms with E-state index in [9.17, 15) is 36.3 Å². The molecule has 11 nitrogen and oxygen atoms in total. The van der Waals surface area contributed by atoms with Crippen LogP contribution in [-0.4, -0.2) is 62.4 Å². The Morgan fingerprint density at radius 3 is 2.21 bits per heavy atom. The zero-order valence-corrected chi connectivity index (χ0v) is 21.7. The molecule has 2 saturated carbocycles. The number of halogens is 5. The van der Waals surface area contributed by atoms with Gasteiger partial charge in [-0.15, -0.1) is 5.10 Å². The zero-order valence-electron chi connectivity index (χ0n) is 21.7. The highest BCUT2D eigenvalue weighted by Crippen LogP contribution is 2.50. The van der Waals surface area contributed by atoms with Crippen LogP contribution in [0.1, 0.15) is 64.6 Å². The van der Waals surface area contributed by atoms with Crippen molar-refractivity contribution in [2.24, 2.45) is 23.5 Å². The second-order valence-corrected chi connectivity index (χ2v) is 10.9. The summed E-state index contributed by atoms with van der Waals surface area (Å²) in [6.07, 6.45) is -5.60. The van der Waals surface area contributed by atoms with Gasteiger partial charge < -0.3 is 15.8 Å². The van der Waals surface area contributed by atoms with Gasteiger partial charge in [0.05, 0.1) is 5.92 Å². The lowest BCUT2D eigenvalue weighted by atomic mass is 9.88. The highest BCUT2D eigenvalue weighted by Gasteiger charge is 2.49. The number of amides is 3. The van der Waals surface area contributed by atoms with Crippen molar-refractivity contribution in [3.05, 3.63) is 17.6 Å². The van der Waals surface area contributed by atoms with Gasteiger partial charge in [0.25, 0.3) is 5.91 Å². The van der Waals surface area contributed by atoms with Gasteiger partial charge in [0.2, 0.25) is 12.3 Å². The summed E-state index contributed by atoms with van der Waals surface area (Å²) in [4.78, 5) is 38.3. The van der Waals surface area contributed by atoms with Gasteiger partial charge in [-0.3, -0.25) is 14.9 Å². The smallest absolute Gasteiger partial charge is 0.408 e. The van der Waals surface area contributed by atoms with Gasteiger partial charge in [0.1, 0.15) is 18.2 Å². The van der Waals surface area contributed by atoms with Crippen molar-refractivity contribution < 1.29 is 41.1 Å². The number of nitrogens with one attached hydrogen (secondary N) is 2. The van der Waals surface area contributed by atoms with E-state index < -0.39 is 72.6 Å². The van der Waals surface area contributed by atoms with Crippen LogP contribution in [0.3, 0.4) is 0 Å². The molecule has 3 amide bonds. The van der Waals surface area contributed by atoms with Crippen LogP contribution in [0, 0.1) is 17.8 Å². The normalized spacial score (nSPS) is 18.2. The van der Waals surface area contributed by atoms with Crippen molar-refractivity contribution in [2.45, 2.75) is 89.6 Å². The first-order valence-electron chi connectivity index (χ1n) is 12.5. The molecule has 4 N–H and O–H groups in total. The number of imide groups is 1. The van der Waals surface area contributed by atoms with Crippen LogP contribution in [0.5, 0.6) is 0 Å². The number of alkyl carbamates (subject to hydrolysis) is 1. The van der Waals surface area contributed by atoms with E-state index in [0.717, 1.165) is 25.7 Å². The molecule has 1 unspecified atom stereocenters. The molecule has 0 radical (unpaired) electrons. The quantitative estimate of drug-likeness (QED) is 0.273. The molecular weight excluding hydrogens is 533 g/mol. The number of hydrogen-bond acceptors (Lipinski definition) is 8. The van der Waals surface area contributed by atoms with Gasteiger partial charge in [-0.2, -0.15) is 13.2 Å². The Bertz CT molecular complexity index is 1070. The average molecular weight is 566 g/mol. The van der Waals surface area contributed by atoms with Gasteiger partial charge in [-0.25, -0.2) is 18.3 Å². The minimum Gasteiger partial charge on any atom is -0.444 e. The van der Waals surface area contributed by atoms with Crippen LogP contribution in [-0.2, 0) is 20.9 Å². The van der Waals surface area contributed by atoms with Crippen LogP contribution in [0.2, 0.25) is 0 Å². The monoisotopic (exact) mass is 565 g/mol. The molecule has 0 spiro atoms. The third kappa shape index (κ3) is 9.42. The standard InChI is InChI=1S/C23H32F5N7O4/c1-22(2,3)39-21(38)31-18(17(11-4-5-11)12-6-7-12)20(37)30-16(36)9-14(29)13(8-15(24)25)19-32-33-34-35(19)10-23(26,27)28/h9,11-13,15,17-18H,4-8,10,29H2,1-3H3,(H,31,38)(H,30,36,37)/t13?,18-/m0/s1. The lowest BCUT2D eigenvalue weighted by Crippen LogP contribution is -2.54. The minimum atomic E-state index is -4.75. The summed E-state index contributed by atoms with van der Waals surface area (Å²) in [6.45, 7) is 3.30. The lowest BCUT2D eigenvalue weighted by molar-refractivity contribution is -0.143. The van der Waals surface area contributed by atoms with E-state index in [4.69, 9.17) is 10.5 Å². The van der Waals surface area contributed by atoms with Crippen LogP contribution in [0.25, 0.3) is 0 Å². The van der Waals surface area contributed by atoms with Gasteiger partial charge in [0, 0.05) is 18.2 Å². The maximum atomic E-state index is 13.3. The van der Waals surface area contributed by atoms with Crippen LogP contribution in [0.15, 0.2) is 11.8 Å². The number of nitrogens with two attached hydrogens (primary N) is 1. The SMILES string of the molecule is CC(C)(C)OC(=O)N[C@H](C(=O)NC(=O)C=C(N)C(CC(F)F)c1nnnn1CC(F)(F)F)C(C1CC1)C1CC1. The maximum Gasteiger partial charge on any atom is 0.408 e. The van der Waals surface area contributed by atoms with Crippen molar-refractivity contribution in [3.8, 4) is 0 Å². The van der Waals surface area contributed by atoms with E-state index in [2.05, 4.69) is 26.2 Å². The molecular formula is C23H32F5N7O4. The first-order valence-corrected chi connectivity index (χ1v) is 12.5. The molecule has 1 aromatic heterocycles. The number of nitrogens with zero attached hydrogens (tertiary/aromatic N) is 4. The molecule has 3 rings (SSSR count). The Kier molecular flexibility index (Phi) is 9.16. The Labute approximate surface area is 221 Å². The largest absolute Gasteiger partial charge is 0.444 e. The van der Waals surface area contributed by atoms with E-state index in [1.807, 2.05) is 0 Å². The molecule has 0 bridgehead atoms. The van der Waals surface area contributed by atoms with E-state index in [0.29, 0.717) is 6.08 Å². The molecule has 39 heavy (non-hydrogen) atoms. The maximum absolute atomic E-state index is 13.3. The Balaban J connectivity index is 1.78. The fourth-order valence-corrected chi connectivity index (χ4v) is 4.46. The Hall–Kier alpha value is -3.33. The molecule has 0 saturated heterocycles. The van der Waals surface area contributed by atoms with E-state index in [-0.39, 0.29) is 22.4 Å². The predicted octanol–water partition coefficient (Wildman–Crippen LogP) is 2.79. The Morgan fingerprint density at radius 1 is 1.13 bits per heavy atom. The fraction of sp³-hybridized carbons (Fsp3) is 0.739. The molecule has 2 atom stereocenters. The van der Waals surface area contributed by atoms with Gasteiger partial charge >= 0.3 is 12.3 Å². The van der Waals surface area contributed by atoms with Crippen LogP contribution < -0.4 is 16.4 Å². The first-order chi connectivity index (χ1) is 18.0. The molecule has 2 fully saturated rings. The van der Waals surface area contributed by atoms with Crippen molar-refractivity contribution >= 4 is 17.9 Å². The number of tetrazole rings is 1. The van der Waals surface area contributed by atoms with Crippen molar-refractivity contribution in [1.29, 1.82) is 0 Å². The zero-order chi connectivity index (χ0) is 29.1. The molecule has 1 aromatic rings. The van der Waals surface area contributed by atoms with E-state index >= 15 is 0 Å². The molecule has 1 heterocycles. The highest BCUT2D eigenvalue weighted by atomic mass is 19.4. The molecule has 2 aliphatic carbocycles. The second-order valence-electron chi connectivity index (χ2n) is 10.9.